The maximum atomic E-state index is 11.9. The Balaban J connectivity index is 1.53. The first-order chi connectivity index (χ1) is 11.0. The third-order valence-corrected chi connectivity index (χ3v) is 8.61. The Hall–Kier alpha value is -1.03. The minimum absolute atomic E-state index is 0.373. The Morgan fingerprint density at radius 1 is 1.26 bits per heavy atom. The van der Waals surface area contributed by atoms with Crippen LogP contribution >= 0.6 is 0 Å². The van der Waals surface area contributed by atoms with E-state index in [2.05, 4.69) is 19.8 Å². The van der Waals surface area contributed by atoms with Gasteiger partial charge in [-0.25, -0.2) is 0 Å². The van der Waals surface area contributed by atoms with E-state index in [1.165, 1.54) is 31.3 Å². The Kier molecular flexibility index (Phi) is 2.82. The van der Waals surface area contributed by atoms with Crippen LogP contribution in [0.15, 0.2) is 11.6 Å². The molecular weight excluding hydrogens is 280 g/mol. The second-order valence-electron chi connectivity index (χ2n) is 9.53. The summed E-state index contributed by atoms with van der Waals surface area (Å²) in [6.07, 6.45) is 15.1. The SMILES string of the molecule is C#C[C@H]1[C@H]2C[C@H]2C2[C@@H]3C(C)CC4=CC(=O)CC[C@@H]4C3CC[C@@]21C. The topological polar surface area (TPSA) is 17.1 Å². The van der Waals surface area contributed by atoms with Crippen LogP contribution in [-0.2, 0) is 4.79 Å². The van der Waals surface area contributed by atoms with Gasteiger partial charge in [0.15, 0.2) is 5.78 Å². The van der Waals surface area contributed by atoms with Gasteiger partial charge in [0.1, 0.15) is 0 Å². The molecule has 0 aromatic rings. The number of ketones is 1. The highest BCUT2D eigenvalue weighted by Crippen LogP contribution is 2.74. The summed E-state index contributed by atoms with van der Waals surface area (Å²) in [6.45, 7) is 4.98. The van der Waals surface area contributed by atoms with E-state index in [0.717, 1.165) is 48.3 Å². The normalized spacial score (nSPS) is 56.6. The van der Waals surface area contributed by atoms with Gasteiger partial charge in [0, 0.05) is 12.3 Å². The molecule has 4 fully saturated rings. The maximum Gasteiger partial charge on any atom is 0.155 e. The highest BCUT2D eigenvalue weighted by atomic mass is 16.1. The van der Waals surface area contributed by atoms with E-state index in [4.69, 9.17) is 6.42 Å². The first kappa shape index (κ1) is 14.3. The first-order valence-corrected chi connectivity index (χ1v) is 9.74. The average Bonchev–Trinajstić information content (AvgIpc) is 3.22. The molecule has 23 heavy (non-hydrogen) atoms. The molecular formula is C22H28O. The molecule has 0 heterocycles. The van der Waals surface area contributed by atoms with E-state index in [1.54, 1.807) is 0 Å². The van der Waals surface area contributed by atoms with Crippen molar-refractivity contribution >= 4 is 5.78 Å². The Morgan fingerprint density at radius 3 is 2.87 bits per heavy atom. The third kappa shape index (κ3) is 1.73. The number of terminal acetylenes is 1. The summed E-state index contributed by atoms with van der Waals surface area (Å²) in [5.41, 5.74) is 1.90. The zero-order chi connectivity index (χ0) is 15.9. The largest absolute Gasteiger partial charge is 0.295 e. The molecule has 5 aliphatic carbocycles. The van der Waals surface area contributed by atoms with Gasteiger partial charge in [-0.05, 0) is 85.0 Å². The van der Waals surface area contributed by atoms with Gasteiger partial charge in [-0.2, -0.15) is 0 Å². The minimum atomic E-state index is 0.373. The molecule has 0 amide bonds. The summed E-state index contributed by atoms with van der Waals surface area (Å²) in [5.74, 6) is 9.87. The van der Waals surface area contributed by atoms with Crippen LogP contribution in [0.1, 0.15) is 52.4 Å². The van der Waals surface area contributed by atoms with Gasteiger partial charge in [-0.3, -0.25) is 4.79 Å². The van der Waals surface area contributed by atoms with Crippen LogP contribution in [-0.4, -0.2) is 5.78 Å². The van der Waals surface area contributed by atoms with Crippen molar-refractivity contribution in [3.8, 4) is 12.3 Å². The lowest BCUT2D eigenvalue weighted by Crippen LogP contribution is -2.50. The van der Waals surface area contributed by atoms with E-state index >= 15 is 0 Å². The van der Waals surface area contributed by atoms with Crippen LogP contribution in [0.2, 0.25) is 0 Å². The minimum Gasteiger partial charge on any atom is -0.295 e. The monoisotopic (exact) mass is 308 g/mol. The van der Waals surface area contributed by atoms with E-state index in [1.807, 2.05) is 6.08 Å². The fraction of sp³-hybridized carbons (Fsp3) is 0.773. The van der Waals surface area contributed by atoms with Gasteiger partial charge in [0.2, 0.25) is 0 Å². The summed E-state index contributed by atoms with van der Waals surface area (Å²) in [5, 5.41) is 0. The molecule has 0 bridgehead atoms. The van der Waals surface area contributed by atoms with Crippen LogP contribution in [0.4, 0.5) is 0 Å². The summed E-state index contributed by atoms with van der Waals surface area (Å²) >= 11 is 0. The van der Waals surface area contributed by atoms with Crippen molar-refractivity contribution in [2.45, 2.75) is 52.4 Å². The molecule has 0 aromatic carbocycles. The van der Waals surface area contributed by atoms with Gasteiger partial charge in [-0.15, -0.1) is 12.3 Å². The number of fused-ring (bicyclic) bond motifs is 7. The van der Waals surface area contributed by atoms with E-state index in [-0.39, 0.29) is 0 Å². The van der Waals surface area contributed by atoms with Gasteiger partial charge < -0.3 is 0 Å². The van der Waals surface area contributed by atoms with Crippen molar-refractivity contribution in [1.82, 2.24) is 0 Å². The lowest BCUT2D eigenvalue weighted by atomic mass is 9.48. The molecule has 1 nitrogen and oxygen atoms in total. The van der Waals surface area contributed by atoms with Gasteiger partial charge >= 0.3 is 0 Å². The Bertz CT molecular complexity index is 637. The van der Waals surface area contributed by atoms with Crippen molar-refractivity contribution in [2.75, 3.05) is 0 Å². The van der Waals surface area contributed by atoms with Gasteiger partial charge in [0.25, 0.3) is 0 Å². The molecule has 0 radical (unpaired) electrons. The van der Waals surface area contributed by atoms with Crippen molar-refractivity contribution in [2.24, 2.45) is 52.8 Å². The van der Waals surface area contributed by atoms with Gasteiger partial charge in [0.05, 0.1) is 0 Å². The lowest BCUT2D eigenvalue weighted by molar-refractivity contribution is -0.116. The molecule has 5 rings (SSSR count). The van der Waals surface area contributed by atoms with E-state index < -0.39 is 0 Å². The van der Waals surface area contributed by atoms with Crippen LogP contribution in [0.5, 0.6) is 0 Å². The molecule has 4 saturated carbocycles. The number of carbonyl (C=O) groups is 1. The second kappa shape index (κ2) is 4.53. The van der Waals surface area contributed by atoms with Crippen molar-refractivity contribution in [1.29, 1.82) is 0 Å². The highest BCUT2D eigenvalue weighted by molar-refractivity contribution is 5.91. The molecule has 0 aromatic heterocycles. The Labute approximate surface area is 140 Å². The van der Waals surface area contributed by atoms with Crippen molar-refractivity contribution in [3.05, 3.63) is 11.6 Å². The van der Waals surface area contributed by atoms with Crippen LogP contribution < -0.4 is 0 Å². The summed E-state index contributed by atoms with van der Waals surface area (Å²) in [7, 11) is 0. The molecule has 1 heteroatoms. The van der Waals surface area contributed by atoms with E-state index in [9.17, 15) is 4.79 Å². The first-order valence-electron chi connectivity index (χ1n) is 9.74. The Morgan fingerprint density at radius 2 is 2.09 bits per heavy atom. The molecule has 0 spiro atoms. The summed E-state index contributed by atoms with van der Waals surface area (Å²) in [6, 6.07) is 0. The van der Waals surface area contributed by atoms with Crippen molar-refractivity contribution < 1.29 is 4.79 Å². The van der Waals surface area contributed by atoms with Gasteiger partial charge in [-0.1, -0.05) is 19.4 Å². The van der Waals surface area contributed by atoms with Crippen LogP contribution in [0, 0.1) is 65.1 Å². The number of rotatable bonds is 0. The molecule has 0 N–H and O–H groups in total. The quantitative estimate of drug-likeness (QED) is 0.603. The van der Waals surface area contributed by atoms with E-state index in [0.29, 0.717) is 23.0 Å². The zero-order valence-corrected chi connectivity index (χ0v) is 14.4. The number of carbonyl (C=O) groups excluding carboxylic acids is 1. The van der Waals surface area contributed by atoms with Crippen LogP contribution in [0.3, 0.4) is 0 Å². The smallest absolute Gasteiger partial charge is 0.155 e. The number of hydrogen-bond acceptors (Lipinski definition) is 1. The fourth-order valence-electron chi connectivity index (χ4n) is 7.84. The lowest BCUT2D eigenvalue weighted by Gasteiger charge is -2.57. The highest BCUT2D eigenvalue weighted by Gasteiger charge is 2.69. The molecule has 0 saturated heterocycles. The molecule has 0 aliphatic heterocycles. The predicted molar refractivity (Wildman–Crippen MR) is 91.3 cm³/mol. The van der Waals surface area contributed by atoms with Crippen LogP contribution in [0.25, 0.3) is 0 Å². The average molecular weight is 308 g/mol. The number of hydrogen-bond donors (Lipinski definition) is 0. The zero-order valence-electron chi connectivity index (χ0n) is 14.4. The summed E-state index contributed by atoms with van der Waals surface area (Å²) < 4.78 is 0. The fourth-order valence-corrected chi connectivity index (χ4v) is 7.84. The summed E-state index contributed by atoms with van der Waals surface area (Å²) in [4.78, 5) is 11.9. The second-order valence-corrected chi connectivity index (χ2v) is 9.53. The maximum absolute atomic E-state index is 11.9. The number of allylic oxidation sites excluding steroid dienone is 1. The van der Waals surface area contributed by atoms with Crippen molar-refractivity contribution in [3.63, 3.8) is 0 Å². The molecule has 9 atom stereocenters. The molecule has 5 aliphatic rings. The molecule has 3 unspecified atom stereocenters. The molecule has 122 valence electrons. The standard InChI is InChI=1S/C22H28O/c1-4-19-17-11-18(17)21-20-12(2)9-13-10-14(23)5-6-15(13)16(20)7-8-22(19,21)3/h1,10,12,15-21H,5-9,11H2,2-3H3/t12?,15-,16?,17-,18+,19-,20+,21?,22+/m0/s1. The third-order valence-electron chi connectivity index (χ3n) is 8.61. The predicted octanol–water partition coefficient (Wildman–Crippen LogP) is 4.48.